The molecule has 3 rings (SSSR count). The number of nitrogens with two attached hydrogens (primary N) is 1. The van der Waals surface area contributed by atoms with Gasteiger partial charge in [-0.1, -0.05) is 12.5 Å². The van der Waals surface area contributed by atoms with Gasteiger partial charge in [-0.2, -0.15) is 0 Å². The first kappa shape index (κ1) is 17.5. The van der Waals surface area contributed by atoms with Crippen LogP contribution >= 0.6 is 23.7 Å². The first-order chi connectivity index (χ1) is 10.3. The summed E-state index contributed by atoms with van der Waals surface area (Å²) in [6, 6.07) is 4.55. The third kappa shape index (κ3) is 4.81. The van der Waals surface area contributed by atoms with E-state index in [0.29, 0.717) is 19.3 Å². The van der Waals surface area contributed by atoms with Gasteiger partial charge in [-0.15, -0.1) is 23.7 Å². The van der Waals surface area contributed by atoms with Gasteiger partial charge in [0.1, 0.15) is 0 Å². The molecule has 1 fully saturated rings. The molecule has 4 nitrogen and oxygen atoms in total. The van der Waals surface area contributed by atoms with Crippen LogP contribution in [0.1, 0.15) is 48.1 Å². The second-order valence-corrected chi connectivity index (χ2v) is 6.62. The Kier molecular flexibility index (Phi) is 6.89. The Balaban J connectivity index is 0.00000176. The number of hydrogen-bond donors (Lipinski definition) is 1. The number of hydrogen-bond acceptors (Lipinski definition) is 5. The maximum absolute atomic E-state index is 5.88. The smallest absolute Gasteiger partial charge is 0.193 e. The molecule has 2 aliphatic rings. The summed E-state index contributed by atoms with van der Waals surface area (Å²) in [4.78, 5) is 6.96. The van der Waals surface area contributed by atoms with Gasteiger partial charge in [-0.25, -0.2) is 0 Å². The molecule has 1 aromatic heterocycles. The SMILES string of the molecule is Cl.NC1=NC(CC=Cc2ccc(C3OCCO3)s2)CCCC1. The van der Waals surface area contributed by atoms with Crippen molar-refractivity contribution < 1.29 is 9.47 Å². The summed E-state index contributed by atoms with van der Waals surface area (Å²) >= 11 is 1.72. The molecule has 0 aromatic carbocycles. The average Bonchev–Trinajstić information content (AvgIpc) is 3.10. The van der Waals surface area contributed by atoms with Crippen LogP contribution in [0.5, 0.6) is 0 Å². The van der Waals surface area contributed by atoms with Crippen molar-refractivity contribution in [1.29, 1.82) is 0 Å². The molecule has 0 saturated carbocycles. The number of thiophene rings is 1. The fourth-order valence-electron chi connectivity index (χ4n) is 2.67. The zero-order valence-corrected chi connectivity index (χ0v) is 14.2. The van der Waals surface area contributed by atoms with Crippen LogP contribution in [0.4, 0.5) is 0 Å². The van der Waals surface area contributed by atoms with Crippen LogP contribution in [-0.2, 0) is 9.47 Å². The molecular weight excluding hydrogens is 320 g/mol. The highest BCUT2D eigenvalue weighted by Gasteiger charge is 2.19. The molecule has 0 amide bonds. The predicted molar refractivity (Wildman–Crippen MR) is 93.7 cm³/mol. The fourth-order valence-corrected chi connectivity index (χ4v) is 3.61. The van der Waals surface area contributed by atoms with Gasteiger partial charge < -0.3 is 15.2 Å². The number of ether oxygens (including phenoxy) is 2. The largest absolute Gasteiger partial charge is 0.387 e. The summed E-state index contributed by atoms with van der Waals surface area (Å²) in [7, 11) is 0. The van der Waals surface area contributed by atoms with E-state index in [4.69, 9.17) is 15.2 Å². The lowest BCUT2D eigenvalue weighted by atomic mass is 10.1. The minimum atomic E-state index is -0.164. The van der Waals surface area contributed by atoms with Crippen molar-refractivity contribution in [3.05, 3.63) is 28.0 Å². The third-order valence-corrected chi connectivity index (χ3v) is 4.83. The maximum atomic E-state index is 5.88. The van der Waals surface area contributed by atoms with Crippen LogP contribution < -0.4 is 5.73 Å². The molecule has 0 bridgehead atoms. The topological polar surface area (TPSA) is 56.8 Å². The molecule has 2 N–H and O–H groups in total. The number of rotatable bonds is 4. The van der Waals surface area contributed by atoms with Crippen LogP contribution in [0.3, 0.4) is 0 Å². The van der Waals surface area contributed by atoms with E-state index in [-0.39, 0.29) is 18.7 Å². The van der Waals surface area contributed by atoms with E-state index in [0.717, 1.165) is 30.0 Å². The predicted octanol–water partition coefficient (Wildman–Crippen LogP) is 3.92. The van der Waals surface area contributed by atoms with Crippen molar-refractivity contribution in [1.82, 2.24) is 0 Å². The van der Waals surface area contributed by atoms with Crippen LogP contribution in [0.25, 0.3) is 6.08 Å². The van der Waals surface area contributed by atoms with Gasteiger partial charge in [-0.05, 0) is 37.5 Å². The van der Waals surface area contributed by atoms with E-state index < -0.39 is 0 Å². The highest BCUT2D eigenvalue weighted by molar-refractivity contribution is 7.12. The Bertz CT molecular complexity index is 524. The Morgan fingerprint density at radius 3 is 2.91 bits per heavy atom. The highest BCUT2D eigenvalue weighted by atomic mass is 35.5. The second kappa shape index (κ2) is 8.67. The fraction of sp³-hybridized carbons (Fsp3) is 0.562. The third-order valence-electron chi connectivity index (χ3n) is 3.76. The Labute approximate surface area is 141 Å². The summed E-state index contributed by atoms with van der Waals surface area (Å²) < 4.78 is 11.0. The molecule has 2 aliphatic heterocycles. The van der Waals surface area contributed by atoms with Crippen LogP contribution in [-0.4, -0.2) is 25.1 Å². The number of amidine groups is 1. The van der Waals surface area contributed by atoms with Crippen molar-refractivity contribution >= 4 is 35.7 Å². The molecule has 1 saturated heterocycles. The van der Waals surface area contributed by atoms with Crippen molar-refractivity contribution in [3.8, 4) is 0 Å². The summed E-state index contributed by atoms with van der Waals surface area (Å²) in [5, 5.41) is 0. The lowest BCUT2D eigenvalue weighted by Crippen LogP contribution is -2.13. The maximum Gasteiger partial charge on any atom is 0.193 e. The van der Waals surface area contributed by atoms with E-state index in [1.807, 2.05) is 0 Å². The van der Waals surface area contributed by atoms with Gasteiger partial charge in [0.15, 0.2) is 6.29 Å². The van der Waals surface area contributed by atoms with E-state index in [1.165, 1.54) is 17.7 Å². The van der Waals surface area contributed by atoms with Gasteiger partial charge in [0.2, 0.25) is 0 Å². The quantitative estimate of drug-likeness (QED) is 0.902. The summed E-state index contributed by atoms with van der Waals surface area (Å²) in [6.45, 7) is 1.38. The molecule has 3 heterocycles. The number of aliphatic imine (C=N–C) groups is 1. The van der Waals surface area contributed by atoms with Crippen molar-refractivity contribution in [2.24, 2.45) is 10.7 Å². The van der Waals surface area contributed by atoms with Gasteiger partial charge in [-0.3, -0.25) is 4.99 Å². The Morgan fingerprint density at radius 2 is 2.09 bits per heavy atom. The van der Waals surface area contributed by atoms with E-state index in [1.54, 1.807) is 11.3 Å². The minimum Gasteiger partial charge on any atom is -0.387 e. The van der Waals surface area contributed by atoms with Gasteiger partial charge >= 0.3 is 0 Å². The summed E-state index contributed by atoms with van der Waals surface area (Å²) in [6.07, 6.45) is 9.67. The van der Waals surface area contributed by atoms with Crippen molar-refractivity contribution in [3.63, 3.8) is 0 Å². The van der Waals surface area contributed by atoms with Crippen LogP contribution in [0.15, 0.2) is 23.2 Å². The normalized spacial score (nSPS) is 23.3. The van der Waals surface area contributed by atoms with Crippen LogP contribution in [0.2, 0.25) is 0 Å². The second-order valence-electron chi connectivity index (χ2n) is 5.47. The molecule has 1 aromatic rings. The molecule has 122 valence electrons. The standard InChI is InChI=1S/C16H22N2O2S.ClH/c17-15-7-2-1-4-12(18-15)5-3-6-13-8-9-14(21-13)16-19-10-11-20-16;/h3,6,8-9,12,16H,1-2,4-5,7,10-11H2,(H2,17,18);1H. The molecule has 1 atom stereocenters. The van der Waals surface area contributed by atoms with Crippen molar-refractivity contribution in [2.45, 2.75) is 44.4 Å². The van der Waals surface area contributed by atoms with E-state index in [2.05, 4.69) is 29.3 Å². The van der Waals surface area contributed by atoms with Gasteiger partial charge in [0.05, 0.1) is 30.0 Å². The zero-order valence-electron chi connectivity index (χ0n) is 12.6. The lowest BCUT2D eigenvalue weighted by Gasteiger charge is -2.06. The minimum absolute atomic E-state index is 0. The van der Waals surface area contributed by atoms with Gasteiger partial charge in [0, 0.05) is 11.3 Å². The number of nitrogens with zero attached hydrogens (tertiary/aromatic N) is 1. The Hall–Kier alpha value is -0.880. The molecule has 22 heavy (non-hydrogen) atoms. The first-order valence-corrected chi connectivity index (χ1v) is 8.44. The average molecular weight is 343 g/mol. The lowest BCUT2D eigenvalue weighted by molar-refractivity contribution is -0.0413. The molecule has 0 aliphatic carbocycles. The highest BCUT2D eigenvalue weighted by Crippen LogP contribution is 2.30. The van der Waals surface area contributed by atoms with Crippen LogP contribution in [0, 0.1) is 0 Å². The monoisotopic (exact) mass is 342 g/mol. The van der Waals surface area contributed by atoms with E-state index >= 15 is 0 Å². The number of halogens is 1. The van der Waals surface area contributed by atoms with E-state index in [9.17, 15) is 0 Å². The molecule has 1 unspecified atom stereocenters. The molecule has 6 heteroatoms. The first-order valence-electron chi connectivity index (χ1n) is 7.63. The zero-order chi connectivity index (χ0) is 14.5. The summed E-state index contributed by atoms with van der Waals surface area (Å²) in [5.41, 5.74) is 5.88. The van der Waals surface area contributed by atoms with Crippen molar-refractivity contribution in [2.75, 3.05) is 13.2 Å². The summed E-state index contributed by atoms with van der Waals surface area (Å²) in [5.74, 6) is 0.819. The molecule has 0 spiro atoms. The molecular formula is C16H23ClN2O2S. The Morgan fingerprint density at radius 1 is 1.27 bits per heavy atom. The van der Waals surface area contributed by atoms with Gasteiger partial charge in [0.25, 0.3) is 0 Å². The molecule has 0 radical (unpaired) electrons.